The van der Waals surface area contributed by atoms with Crippen LogP contribution in [-0.4, -0.2) is 20.5 Å². The lowest BCUT2D eigenvalue weighted by Gasteiger charge is -2.10. The number of ether oxygens (including phenoxy) is 2. The third-order valence-electron chi connectivity index (χ3n) is 2.73. The number of carbonyl (C=O) groups excluding carboxylic acids is 1. The monoisotopic (exact) mass is 180 g/mol. The van der Waals surface area contributed by atoms with E-state index in [1.165, 1.54) is 0 Å². The van der Waals surface area contributed by atoms with Gasteiger partial charge in [-0.05, 0) is 6.08 Å². The van der Waals surface area contributed by atoms with Gasteiger partial charge in [0.05, 0.1) is 14.2 Å². The fourth-order valence-corrected chi connectivity index (χ4v) is 1.92. The third kappa shape index (κ3) is 1.15. The van der Waals surface area contributed by atoms with Gasteiger partial charge < -0.3 is 14.3 Å². The van der Waals surface area contributed by atoms with Gasteiger partial charge in [0.15, 0.2) is 0 Å². The Hall–Kier alpha value is -1.25. The van der Waals surface area contributed by atoms with Crippen LogP contribution in [0.1, 0.15) is 0 Å². The molecule has 0 N–H and O–H groups in total. The van der Waals surface area contributed by atoms with Crippen molar-refractivity contribution in [3.8, 4) is 0 Å². The average Bonchev–Trinajstić information content (AvgIpc) is 2.89. The third-order valence-corrected chi connectivity index (χ3v) is 2.73. The summed E-state index contributed by atoms with van der Waals surface area (Å²) in [5, 5.41) is 0. The maximum Gasteiger partial charge on any atom is 0.124 e. The van der Waals surface area contributed by atoms with Crippen molar-refractivity contribution < 1.29 is 14.3 Å². The number of aldehydes is 1. The molecule has 1 saturated carbocycles. The van der Waals surface area contributed by atoms with Crippen molar-refractivity contribution in [1.29, 1.82) is 0 Å². The molecule has 0 saturated heterocycles. The van der Waals surface area contributed by atoms with Crippen molar-refractivity contribution in [2.24, 2.45) is 17.8 Å². The molecule has 0 bridgehead atoms. The molecule has 2 aliphatic rings. The fraction of sp³-hybridized carbons (Fsp3) is 0.500. The summed E-state index contributed by atoms with van der Waals surface area (Å²) in [6.07, 6.45) is 4.84. The van der Waals surface area contributed by atoms with Crippen LogP contribution in [0.5, 0.6) is 0 Å². The molecule has 3 unspecified atom stereocenters. The van der Waals surface area contributed by atoms with Crippen LogP contribution < -0.4 is 0 Å². The van der Waals surface area contributed by atoms with E-state index in [2.05, 4.69) is 0 Å². The molecule has 0 aromatic heterocycles. The minimum absolute atomic E-state index is 0.0962. The highest BCUT2D eigenvalue weighted by molar-refractivity contribution is 5.63. The Morgan fingerprint density at radius 3 is 2.69 bits per heavy atom. The van der Waals surface area contributed by atoms with Crippen molar-refractivity contribution >= 4 is 6.29 Å². The molecular weight excluding hydrogens is 168 g/mol. The van der Waals surface area contributed by atoms with Gasteiger partial charge in [-0.25, -0.2) is 0 Å². The van der Waals surface area contributed by atoms with Crippen molar-refractivity contribution in [2.45, 2.75) is 0 Å². The molecule has 3 heteroatoms. The zero-order chi connectivity index (χ0) is 9.42. The van der Waals surface area contributed by atoms with Gasteiger partial charge in [0.2, 0.25) is 0 Å². The van der Waals surface area contributed by atoms with Gasteiger partial charge in [0.25, 0.3) is 0 Å². The number of hydrogen-bond acceptors (Lipinski definition) is 3. The van der Waals surface area contributed by atoms with Gasteiger partial charge in [-0.3, -0.25) is 0 Å². The van der Waals surface area contributed by atoms with E-state index >= 15 is 0 Å². The molecule has 3 atom stereocenters. The van der Waals surface area contributed by atoms with Gasteiger partial charge in [-0.1, -0.05) is 0 Å². The molecule has 1 fully saturated rings. The van der Waals surface area contributed by atoms with E-state index in [1.54, 1.807) is 14.2 Å². The predicted molar refractivity (Wildman–Crippen MR) is 46.7 cm³/mol. The Bertz CT molecular complexity index is 291. The van der Waals surface area contributed by atoms with Crippen molar-refractivity contribution in [2.75, 3.05) is 14.2 Å². The highest BCUT2D eigenvalue weighted by atomic mass is 16.5. The smallest absolute Gasteiger partial charge is 0.124 e. The van der Waals surface area contributed by atoms with Gasteiger partial charge in [-0.15, -0.1) is 0 Å². The zero-order valence-electron chi connectivity index (χ0n) is 7.69. The minimum Gasteiger partial charge on any atom is -0.501 e. The highest BCUT2D eigenvalue weighted by Crippen LogP contribution is 2.53. The first-order chi connectivity index (χ1) is 6.31. The summed E-state index contributed by atoms with van der Waals surface area (Å²) in [6.45, 7) is 0. The lowest BCUT2D eigenvalue weighted by Crippen LogP contribution is -1.99. The Balaban J connectivity index is 2.23. The van der Waals surface area contributed by atoms with Crippen molar-refractivity contribution in [3.05, 3.63) is 23.7 Å². The Morgan fingerprint density at radius 1 is 1.38 bits per heavy atom. The van der Waals surface area contributed by atoms with Crippen LogP contribution in [0.3, 0.4) is 0 Å². The SMILES string of the molecule is COC1=CC2C(C=O)C2C(OC)=C1. The standard InChI is InChI=1S/C10H12O3/c1-12-6-3-7-8(5-11)10(7)9(4-6)13-2/h3-5,7-8,10H,1-2H3. The fourth-order valence-electron chi connectivity index (χ4n) is 1.92. The van der Waals surface area contributed by atoms with E-state index in [0.717, 1.165) is 17.8 Å². The van der Waals surface area contributed by atoms with Crippen LogP contribution in [-0.2, 0) is 14.3 Å². The van der Waals surface area contributed by atoms with Gasteiger partial charge >= 0.3 is 0 Å². The molecule has 70 valence electrons. The number of carbonyl (C=O) groups is 1. The Labute approximate surface area is 77.0 Å². The highest BCUT2D eigenvalue weighted by Gasteiger charge is 2.53. The van der Waals surface area contributed by atoms with Crippen LogP contribution in [0.2, 0.25) is 0 Å². The molecule has 0 aliphatic heterocycles. The first-order valence-electron chi connectivity index (χ1n) is 4.28. The predicted octanol–water partition coefficient (Wildman–Crippen LogP) is 1.12. The van der Waals surface area contributed by atoms with Crippen molar-refractivity contribution in [1.82, 2.24) is 0 Å². The van der Waals surface area contributed by atoms with E-state index in [0.29, 0.717) is 5.92 Å². The van der Waals surface area contributed by atoms with Crippen LogP contribution >= 0.6 is 0 Å². The summed E-state index contributed by atoms with van der Waals surface area (Å²) < 4.78 is 10.3. The summed E-state index contributed by atoms with van der Waals surface area (Å²) in [6, 6.07) is 0. The van der Waals surface area contributed by atoms with Gasteiger partial charge in [0.1, 0.15) is 17.8 Å². The number of methoxy groups -OCH3 is 2. The second-order valence-electron chi connectivity index (χ2n) is 3.34. The van der Waals surface area contributed by atoms with Crippen molar-refractivity contribution in [3.63, 3.8) is 0 Å². The van der Waals surface area contributed by atoms with Gasteiger partial charge in [0, 0.05) is 23.8 Å². The van der Waals surface area contributed by atoms with Crippen LogP contribution in [0.4, 0.5) is 0 Å². The average molecular weight is 180 g/mol. The molecule has 13 heavy (non-hydrogen) atoms. The maximum atomic E-state index is 10.6. The molecule has 0 amide bonds. The molecule has 0 aromatic rings. The van der Waals surface area contributed by atoms with Crippen LogP contribution in [0.25, 0.3) is 0 Å². The lowest BCUT2D eigenvalue weighted by atomic mass is 10.1. The summed E-state index contributed by atoms with van der Waals surface area (Å²) in [7, 11) is 3.25. The van der Waals surface area contributed by atoms with Crippen LogP contribution in [0.15, 0.2) is 23.7 Å². The topological polar surface area (TPSA) is 35.5 Å². The summed E-state index contributed by atoms with van der Waals surface area (Å²) in [5.41, 5.74) is 0. The second-order valence-corrected chi connectivity index (χ2v) is 3.34. The van der Waals surface area contributed by atoms with E-state index in [1.807, 2.05) is 12.2 Å². The molecule has 0 radical (unpaired) electrons. The number of rotatable bonds is 3. The second kappa shape index (κ2) is 2.91. The zero-order valence-corrected chi connectivity index (χ0v) is 7.69. The van der Waals surface area contributed by atoms with Gasteiger partial charge in [-0.2, -0.15) is 0 Å². The normalized spacial score (nSPS) is 35.4. The molecule has 2 rings (SSSR count). The quantitative estimate of drug-likeness (QED) is 0.610. The first-order valence-corrected chi connectivity index (χ1v) is 4.28. The molecule has 3 nitrogen and oxygen atoms in total. The van der Waals surface area contributed by atoms with E-state index in [-0.39, 0.29) is 11.8 Å². The molecule has 2 aliphatic carbocycles. The van der Waals surface area contributed by atoms with E-state index in [4.69, 9.17) is 9.47 Å². The number of allylic oxidation sites excluding steroid dienone is 3. The summed E-state index contributed by atoms with van der Waals surface area (Å²) >= 11 is 0. The Morgan fingerprint density at radius 2 is 2.15 bits per heavy atom. The molecule has 0 heterocycles. The lowest BCUT2D eigenvalue weighted by molar-refractivity contribution is -0.109. The van der Waals surface area contributed by atoms with E-state index < -0.39 is 0 Å². The van der Waals surface area contributed by atoms with Crippen LogP contribution in [0, 0.1) is 17.8 Å². The number of hydrogen-bond donors (Lipinski definition) is 0. The molecule has 0 spiro atoms. The van der Waals surface area contributed by atoms with E-state index in [9.17, 15) is 4.79 Å². The Kier molecular flexibility index (Phi) is 1.87. The minimum atomic E-state index is 0.0962. The maximum absolute atomic E-state index is 10.6. The summed E-state index contributed by atoms with van der Waals surface area (Å²) in [4.78, 5) is 10.6. The number of fused-ring (bicyclic) bond motifs is 1. The molecule has 0 aromatic carbocycles. The molecular formula is C10H12O3. The largest absolute Gasteiger partial charge is 0.501 e. The first kappa shape index (κ1) is 8.35. The summed E-state index contributed by atoms with van der Waals surface area (Å²) in [5.74, 6) is 2.32.